The van der Waals surface area contributed by atoms with Crippen molar-refractivity contribution in [3.8, 4) is 0 Å². The van der Waals surface area contributed by atoms with E-state index in [1.807, 2.05) is 13.8 Å². The third-order valence-electron chi connectivity index (χ3n) is 4.24. The first kappa shape index (κ1) is 21.6. The Morgan fingerprint density at radius 1 is 0.786 bits per heavy atom. The first-order chi connectivity index (χ1) is 13.4. The fourth-order valence-corrected chi connectivity index (χ4v) is 2.51. The minimum atomic E-state index is -1.28. The molecule has 2 aromatic rings. The smallest absolute Gasteiger partial charge is 0.341 e. The van der Waals surface area contributed by atoms with Crippen molar-refractivity contribution in [2.24, 2.45) is 5.92 Å². The monoisotopic (exact) mass is 386 g/mol. The van der Waals surface area contributed by atoms with Gasteiger partial charge in [0, 0.05) is 6.42 Å². The van der Waals surface area contributed by atoms with Crippen LogP contribution in [-0.2, 0) is 9.47 Å². The van der Waals surface area contributed by atoms with Crippen molar-refractivity contribution in [2.75, 3.05) is 0 Å². The van der Waals surface area contributed by atoms with E-state index in [2.05, 4.69) is 0 Å². The SMILES string of the molecule is CC(C)C(O)CC(O)CC(OC(=O)c1ccccc1)OC(=O)c1ccccc1. The molecule has 0 saturated heterocycles. The van der Waals surface area contributed by atoms with Gasteiger partial charge in [-0.2, -0.15) is 0 Å². The Balaban J connectivity index is 2.08. The zero-order chi connectivity index (χ0) is 20.5. The largest absolute Gasteiger partial charge is 0.421 e. The van der Waals surface area contributed by atoms with Crippen LogP contribution in [0.5, 0.6) is 0 Å². The van der Waals surface area contributed by atoms with Crippen molar-refractivity contribution in [3.63, 3.8) is 0 Å². The van der Waals surface area contributed by atoms with E-state index in [0.29, 0.717) is 11.1 Å². The van der Waals surface area contributed by atoms with Crippen molar-refractivity contribution >= 4 is 11.9 Å². The highest BCUT2D eigenvalue weighted by molar-refractivity contribution is 5.90. The van der Waals surface area contributed by atoms with Gasteiger partial charge >= 0.3 is 11.9 Å². The Bertz CT molecular complexity index is 691. The van der Waals surface area contributed by atoms with Gasteiger partial charge in [0.15, 0.2) is 0 Å². The summed E-state index contributed by atoms with van der Waals surface area (Å²) in [5.74, 6) is -1.36. The first-order valence-corrected chi connectivity index (χ1v) is 9.25. The zero-order valence-corrected chi connectivity index (χ0v) is 16.0. The molecule has 2 N–H and O–H groups in total. The first-order valence-electron chi connectivity index (χ1n) is 9.25. The molecular formula is C22H26O6. The van der Waals surface area contributed by atoms with E-state index in [9.17, 15) is 19.8 Å². The highest BCUT2D eigenvalue weighted by Crippen LogP contribution is 2.17. The molecule has 2 atom stereocenters. The number of esters is 2. The van der Waals surface area contributed by atoms with E-state index in [1.54, 1.807) is 60.7 Å². The maximum Gasteiger partial charge on any atom is 0.341 e. The lowest BCUT2D eigenvalue weighted by molar-refractivity contribution is -0.101. The highest BCUT2D eigenvalue weighted by Gasteiger charge is 2.26. The van der Waals surface area contributed by atoms with Crippen molar-refractivity contribution in [1.82, 2.24) is 0 Å². The Morgan fingerprint density at radius 2 is 1.21 bits per heavy atom. The lowest BCUT2D eigenvalue weighted by atomic mass is 9.99. The number of aliphatic hydroxyl groups is 2. The summed E-state index contributed by atoms with van der Waals surface area (Å²) in [7, 11) is 0. The molecule has 150 valence electrons. The number of aliphatic hydroxyl groups excluding tert-OH is 2. The van der Waals surface area contributed by atoms with Gasteiger partial charge in [0.2, 0.25) is 0 Å². The number of carbonyl (C=O) groups excluding carboxylic acids is 2. The molecule has 0 aliphatic heterocycles. The number of benzene rings is 2. The Labute approximate surface area is 164 Å². The van der Waals surface area contributed by atoms with Crippen LogP contribution in [0.1, 0.15) is 47.4 Å². The summed E-state index contributed by atoms with van der Waals surface area (Å²) >= 11 is 0. The summed E-state index contributed by atoms with van der Waals surface area (Å²) in [4.78, 5) is 24.7. The molecule has 0 heterocycles. The topological polar surface area (TPSA) is 93.1 Å². The second-order valence-corrected chi connectivity index (χ2v) is 6.91. The van der Waals surface area contributed by atoms with Gasteiger partial charge in [-0.25, -0.2) is 9.59 Å². The predicted octanol–water partition coefficient (Wildman–Crippen LogP) is 3.18. The summed E-state index contributed by atoms with van der Waals surface area (Å²) in [5, 5.41) is 20.2. The van der Waals surface area contributed by atoms with Gasteiger partial charge in [-0.15, -0.1) is 0 Å². The van der Waals surface area contributed by atoms with E-state index in [-0.39, 0.29) is 18.8 Å². The molecule has 28 heavy (non-hydrogen) atoms. The molecule has 0 spiro atoms. The van der Waals surface area contributed by atoms with E-state index < -0.39 is 30.4 Å². The molecule has 2 unspecified atom stereocenters. The zero-order valence-electron chi connectivity index (χ0n) is 16.0. The minimum absolute atomic E-state index is 0.0353. The highest BCUT2D eigenvalue weighted by atomic mass is 16.7. The van der Waals surface area contributed by atoms with Crippen LogP contribution in [0.25, 0.3) is 0 Å². The van der Waals surface area contributed by atoms with E-state index in [4.69, 9.17) is 9.47 Å². The Hall–Kier alpha value is -2.70. The van der Waals surface area contributed by atoms with Crippen LogP contribution < -0.4 is 0 Å². The van der Waals surface area contributed by atoms with Crippen LogP contribution in [-0.4, -0.2) is 40.6 Å². The molecule has 0 bridgehead atoms. The third-order valence-corrected chi connectivity index (χ3v) is 4.24. The van der Waals surface area contributed by atoms with Crippen molar-refractivity contribution in [1.29, 1.82) is 0 Å². The Morgan fingerprint density at radius 3 is 1.61 bits per heavy atom. The minimum Gasteiger partial charge on any atom is -0.421 e. The fourth-order valence-electron chi connectivity index (χ4n) is 2.51. The molecule has 0 fully saturated rings. The van der Waals surface area contributed by atoms with Crippen molar-refractivity contribution < 1.29 is 29.3 Å². The van der Waals surface area contributed by atoms with Crippen LogP contribution in [0.4, 0.5) is 0 Å². The third kappa shape index (κ3) is 6.79. The van der Waals surface area contributed by atoms with Gasteiger partial charge in [0.25, 0.3) is 6.29 Å². The molecule has 6 nitrogen and oxygen atoms in total. The molecule has 0 aromatic heterocycles. The summed E-state index contributed by atoms with van der Waals surface area (Å²) in [6.07, 6.45) is -3.06. The number of rotatable bonds is 9. The van der Waals surface area contributed by atoms with E-state index in [0.717, 1.165) is 0 Å². The molecule has 0 saturated carbocycles. The van der Waals surface area contributed by atoms with Gasteiger partial charge in [-0.1, -0.05) is 50.2 Å². The summed E-state index contributed by atoms with van der Waals surface area (Å²) < 4.78 is 10.6. The van der Waals surface area contributed by atoms with Crippen LogP contribution in [0.2, 0.25) is 0 Å². The predicted molar refractivity (Wildman–Crippen MR) is 104 cm³/mol. The maximum atomic E-state index is 12.3. The van der Waals surface area contributed by atoms with Crippen LogP contribution in [0.3, 0.4) is 0 Å². The van der Waals surface area contributed by atoms with E-state index in [1.165, 1.54) is 0 Å². The average Bonchev–Trinajstić information content (AvgIpc) is 2.68. The molecule has 0 aliphatic rings. The second-order valence-electron chi connectivity index (χ2n) is 6.91. The summed E-state index contributed by atoms with van der Waals surface area (Å²) in [5.41, 5.74) is 0.611. The van der Waals surface area contributed by atoms with Gasteiger partial charge < -0.3 is 19.7 Å². The summed E-state index contributed by atoms with van der Waals surface area (Å²) in [6, 6.07) is 16.6. The molecule has 2 rings (SSSR count). The normalized spacial score (nSPS) is 13.2. The molecule has 6 heteroatoms. The van der Waals surface area contributed by atoms with Gasteiger partial charge in [-0.05, 0) is 36.6 Å². The maximum absolute atomic E-state index is 12.3. The Kier molecular flexibility index (Phi) is 8.17. The standard InChI is InChI=1S/C22H26O6/c1-15(2)19(24)13-18(23)14-20(27-21(25)16-9-5-3-6-10-16)28-22(26)17-11-7-4-8-12-17/h3-12,15,18-20,23-24H,13-14H2,1-2H3. The lowest BCUT2D eigenvalue weighted by Gasteiger charge is -2.23. The van der Waals surface area contributed by atoms with Gasteiger partial charge in [0.1, 0.15) is 0 Å². The second kappa shape index (κ2) is 10.6. The van der Waals surface area contributed by atoms with Crippen LogP contribution in [0.15, 0.2) is 60.7 Å². The molecular weight excluding hydrogens is 360 g/mol. The number of hydrogen-bond acceptors (Lipinski definition) is 6. The van der Waals surface area contributed by atoms with Crippen molar-refractivity contribution in [2.45, 2.75) is 45.2 Å². The fraction of sp³-hybridized carbons (Fsp3) is 0.364. The molecule has 0 radical (unpaired) electrons. The van der Waals surface area contributed by atoms with E-state index >= 15 is 0 Å². The lowest BCUT2D eigenvalue weighted by Crippen LogP contribution is -2.31. The van der Waals surface area contributed by atoms with Gasteiger partial charge in [0.05, 0.1) is 23.3 Å². The average molecular weight is 386 g/mol. The molecule has 0 aliphatic carbocycles. The number of ether oxygens (including phenoxy) is 2. The quantitative estimate of drug-likeness (QED) is 0.508. The van der Waals surface area contributed by atoms with Crippen LogP contribution >= 0.6 is 0 Å². The van der Waals surface area contributed by atoms with Crippen LogP contribution in [0, 0.1) is 5.92 Å². The summed E-state index contributed by atoms with van der Waals surface area (Å²) in [6.45, 7) is 3.67. The number of carbonyl (C=O) groups is 2. The molecule has 2 aromatic carbocycles. The number of hydrogen-bond donors (Lipinski definition) is 2. The molecule has 0 amide bonds. The van der Waals surface area contributed by atoms with Gasteiger partial charge in [-0.3, -0.25) is 0 Å². The van der Waals surface area contributed by atoms with Crippen molar-refractivity contribution in [3.05, 3.63) is 71.8 Å².